The van der Waals surface area contributed by atoms with Crippen LogP contribution >= 0.6 is 11.6 Å². The first-order valence-electron chi connectivity index (χ1n) is 10.1. The number of hydrogen-bond donors (Lipinski definition) is 1. The summed E-state index contributed by atoms with van der Waals surface area (Å²) in [7, 11) is 0. The van der Waals surface area contributed by atoms with Gasteiger partial charge < -0.3 is 10.2 Å². The normalized spacial score (nSPS) is 10.6. The number of nitrogens with one attached hydrogen (secondary N) is 1. The molecule has 0 amide bonds. The Bertz CT molecular complexity index is 1190. The highest BCUT2D eigenvalue weighted by molar-refractivity contribution is 6.30. The molecule has 0 aliphatic heterocycles. The van der Waals surface area contributed by atoms with Gasteiger partial charge in [-0.15, -0.1) is 0 Å². The molecule has 31 heavy (non-hydrogen) atoms. The highest BCUT2D eigenvalue weighted by atomic mass is 35.5. The summed E-state index contributed by atoms with van der Waals surface area (Å²) in [5.41, 5.74) is 3.12. The van der Waals surface area contributed by atoms with Gasteiger partial charge in [0, 0.05) is 30.0 Å². The van der Waals surface area contributed by atoms with Crippen LogP contribution in [0.3, 0.4) is 0 Å². The van der Waals surface area contributed by atoms with Gasteiger partial charge in [0.1, 0.15) is 5.82 Å². The van der Waals surface area contributed by atoms with Crippen molar-refractivity contribution in [1.82, 2.24) is 9.97 Å². The van der Waals surface area contributed by atoms with Crippen LogP contribution in [0.15, 0.2) is 78.9 Å². The van der Waals surface area contributed by atoms with E-state index in [1.165, 1.54) is 0 Å². The van der Waals surface area contributed by atoms with E-state index in [0.29, 0.717) is 37.0 Å². The highest BCUT2D eigenvalue weighted by Crippen LogP contribution is 2.25. The first kappa shape index (κ1) is 20.6. The molecule has 0 saturated heterocycles. The Morgan fingerprint density at radius 3 is 2.39 bits per heavy atom. The summed E-state index contributed by atoms with van der Waals surface area (Å²) in [5, 5.41) is 14.3. The monoisotopic (exact) mass is 427 g/mol. The zero-order chi connectivity index (χ0) is 21.5. The number of para-hydroxylation sites is 1. The lowest BCUT2D eigenvalue weighted by molar-refractivity contribution is 0.768. The molecule has 1 aromatic heterocycles. The van der Waals surface area contributed by atoms with E-state index in [0.717, 1.165) is 27.8 Å². The van der Waals surface area contributed by atoms with Gasteiger partial charge in [-0.05, 0) is 35.4 Å². The van der Waals surface area contributed by atoms with Crippen LogP contribution in [-0.4, -0.2) is 16.5 Å². The minimum absolute atomic E-state index is 0.399. The molecular formula is C25H22ClN5. The third kappa shape index (κ3) is 5.30. The van der Waals surface area contributed by atoms with E-state index in [1.807, 2.05) is 66.7 Å². The number of fused-ring (bicyclic) bond motifs is 1. The summed E-state index contributed by atoms with van der Waals surface area (Å²) in [6.07, 6.45) is 0.399. The van der Waals surface area contributed by atoms with Crippen LogP contribution in [0.5, 0.6) is 0 Å². The average Bonchev–Trinajstić information content (AvgIpc) is 2.81. The second kappa shape index (κ2) is 9.92. The van der Waals surface area contributed by atoms with Crippen molar-refractivity contribution >= 4 is 34.3 Å². The van der Waals surface area contributed by atoms with Crippen molar-refractivity contribution in [2.75, 3.05) is 16.8 Å². The summed E-state index contributed by atoms with van der Waals surface area (Å²) >= 11 is 6.00. The van der Waals surface area contributed by atoms with Crippen molar-refractivity contribution in [3.63, 3.8) is 0 Å². The Hall–Kier alpha value is -3.62. The lowest BCUT2D eigenvalue weighted by Crippen LogP contribution is -2.26. The molecule has 6 heteroatoms. The van der Waals surface area contributed by atoms with Gasteiger partial charge in [-0.25, -0.2) is 4.98 Å². The van der Waals surface area contributed by atoms with E-state index in [4.69, 9.17) is 26.8 Å². The second-order valence-electron chi connectivity index (χ2n) is 7.18. The Kier molecular flexibility index (Phi) is 6.61. The molecule has 1 heterocycles. The predicted molar refractivity (Wildman–Crippen MR) is 126 cm³/mol. The summed E-state index contributed by atoms with van der Waals surface area (Å²) in [4.78, 5) is 11.7. The third-order valence-electron chi connectivity index (χ3n) is 4.96. The Labute approximate surface area is 186 Å². The van der Waals surface area contributed by atoms with E-state index in [9.17, 15) is 0 Å². The fourth-order valence-corrected chi connectivity index (χ4v) is 3.49. The Balaban J connectivity index is 1.67. The summed E-state index contributed by atoms with van der Waals surface area (Å²) in [5.74, 6) is 1.38. The third-order valence-corrected chi connectivity index (χ3v) is 5.21. The molecule has 4 rings (SSSR count). The number of nitriles is 1. The lowest BCUT2D eigenvalue weighted by atomic mass is 10.2. The van der Waals surface area contributed by atoms with Crippen molar-refractivity contribution in [2.24, 2.45) is 0 Å². The zero-order valence-corrected chi connectivity index (χ0v) is 17.8. The number of halogens is 1. The smallest absolute Gasteiger partial charge is 0.228 e. The predicted octanol–water partition coefficient (Wildman–Crippen LogP) is 5.82. The zero-order valence-electron chi connectivity index (χ0n) is 17.0. The molecule has 0 unspecified atom stereocenters. The molecule has 3 aromatic carbocycles. The molecule has 0 atom stereocenters. The van der Waals surface area contributed by atoms with Crippen LogP contribution in [0.2, 0.25) is 5.02 Å². The topological polar surface area (TPSA) is 64.8 Å². The van der Waals surface area contributed by atoms with Gasteiger partial charge in [-0.1, -0.05) is 66.2 Å². The molecule has 0 saturated carbocycles. The Morgan fingerprint density at radius 1 is 0.871 bits per heavy atom. The van der Waals surface area contributed by atoms with Gasteiger partial charge in [-0.2, -0.15) is 10.2 Å². The first-order valence-corrected chi connectivity index (χ1v) is 10.5. The highest BCUT2D eigenvalue weighted by Gasteiger charge is 2.14. The van der Waals surface area contributed by atoms with E-state index < -0.39 is 0 Å². The Morgan fingerprint density at radius 2 is 1.61 bits per heavy atom. The number of anilines is 2. The van der Waals surface area contributed by atoms with Gasteiger partial charge in [0.15, 0.2) is 0 Å². The molecule has 0 radical (unpaired) electrons. The minimum Gasteiger partial charge on any atom is -0.365 e. The molecule has 0 spiro atoms. The molecule has 5 nitrogen and oxygen atoms in total. The molecule has 0 fully saturated rings. The van der Waals surface area contributed by atoms with Crippen LogP contribution in [0, 0.1) is 11.3 Å². The van der Waals surface area contributed by atoms with Crippen LogP contribution in [0.4, 0.5) is 11.8 Å². The first-order chi connectivity index (χ1) is 15.2. The summed E-state index contributed by atoms with van der Waals surface area (Å²) in [6.45, 7) is 1.81. The maximum atomic E-state index is 9.15. The molecule has 4 aromatic rings. The lowest BCUT2D eigenvalue weighted by Gasteiger charge is -2.23. The molecular weight excluding hydrogens is 406 g/mol. The number of rotatable bonds is 8. The van der Waals surface area contributed by atoms with Gasteiger partial charge in [0.05, 0.1) is 18.0 Å². The number of benzene rings is 3. The van der Waals surface area contributed by atoms with E-state index >= 15 is 0 Å². The molecule has 1 N–H and O–H groups in total. The minimum atomic E-state index is 0.399. The molecule has 0 bridgehead atoms. The van der Waals surface area contributed by atoms with Crippen LogP contribution < -0.4 is 10.2 Å². The van der Waals surface area contributed by atoms with E-state index in [2.05, 4.69) is 28.4 Å². The van der Waals surface area contributed by atoms with Crippen molar-refractivity contribution in [3.05, 3.63) is 95.0 Å². The summed E-state index contributed by atoms with van der Waals surface area (Å²) in [6, 6.07) is 28.1. The molecule has 154 valence electrons. The molecule has 0 aliphatic rings. The van der Waals surface area contributed by atoms with Crippen molar-refractivity contribution in [1.29, 1.82) is 5.26 Å². The van der Waals surface area contributed by atoms with Crippen molar-refractivity contribution in [3.8, 4) is 6.07 Å². The summed E-state index contributed by atoms with van der Waals surface area (Å²) < 4.78 is 0. The van der Waals surface area contributed by atoms with Crippen LogP contribution in [-0.2, 0) is 13.1 Å². The van der Waals surface area contributed by atoms with Crippen molar-refractivity contribution < 1.29 is 0 Å². The quantitative estimate of drug-likeness (QED) is 0.384. The fourth-order valence-electron chi connectivity index (χ4n) is 3.37. The van der Waals surface area contributed by atoms with Crippen LogP contribution in [0.25, 0.3) is 10.9 Å². The van der Waals surface area contributed by atoms with E-state index in [-0.39, 0.29) is 0 Å². The number of nitrogens with zero attached hydrogens (tertiary/aromatic N) is 4. The van der Waals surface area contributed by atoms with Gasteiger partial charge >= 0.3 is 0 Å². The molecule has 0 aliphatic carbocycles. The van der Waals surface area contributed by atoms with Gasteiger partial charge in [-0.3, -0.25) is 0 Å². The van der Waals surface area contributed by atoms with Gasteiger partial charge in [0.2, 0.25) is 5.95 Å². The van der Waals surface area contributed by atoms with Gasteiger partial charge in [0.25, 0.3) is 0 Å². The maximum Gasteiger partial charge on any atom is 0.228 e. The second-order valence-corrected chi connectivity index (χ2v) is 7.62. The average molecular weight is 428 g/mol. The largest absolute Gasteiger partial charge is 0.365 e. The van der Waals surface area contributed by atoms with Crippen molar-refractivity contribution in [2.45, 2.75) is 19.5 Å². The standard InChI is InChI=1S/C25H22ClN5/c26-21-13-11-19(12-14-21)17-28-24-22-9-4-5-10-23(22)29-25(30-24)31(16-6-15-27)18-20-7-2-1-3-8-20/h1-5,7-14H,6,16-18H2,(H,28,29,30). The SMILES string of the molecule is N#CCCN(Cc1ccccc1)c1nc(NCc2ccc(Cl)cc2)c2ccccc2n1. The van der Waals surface area contributed by atoms with Crippen LogP contribution in [0.1, 0.15) is 17.5 Å². The fraction of sp³-hybridized carbons (Fsp3) is 0.160. The maximum absolute atomic E-state index is 9.15. The number of hydrogen-bond acceptors (Lipinski definition) is 5. The number of aromatic nitrogens is 2. The van der Waals surface area contributed by atoms with E-state index in [1.54, 1.807) is 0 Å².